The first-order valence-corrected chi connectivity index (χ1v) is 8.32. The molecule has 0 aliphatic heterocycles. The van der Waals surface area contributed by atoms with Crippen molar-refractivity contribution in [2.24, 2.45) is 0 Å². The fourth-order valence-corrected chi connectivity index (χ4v) is 2.75. The second-order valence-electron chi connectivity index (χ2n) is 4.49. The Bertz CT molecular complexity index is 699. The number of pyridine rings is 1. The van der Waals surface area contributed by atoms with Crippen LogP contribution in [-0.2, 0) is 9.84 Å². The van der Waals surface area contributed by atoms with Crippen LogP contribution in [0.25, 0.3) is 10.9 Å². The minimum atomic E-state index is -2.94. The van der Waals surface area contributed by atoms with Crippen molar-refractivity contribution < 1.29 is 13.2 Å². The summed E-state index contributed by atoms with van der Waals surface area (Å²) >= 11 is 0. The molecule has 0 bridgehead atoms. The number of sulfone groups is 1. The molecule has 1 heterocycles. The molecule has 0 saturated heterocycles. The van der Waals surface area contributed by atoms with Crippen LogP contribution in [0.1, 0.15) is 13.3 Å². The molecular formula is C14H18N2O3S. The van der Waals surface area contributed by atoms with Crippen molar-refractivity contribution in [3.8, 4) is 5.75 Å². The highest BCUT2D eigenvalue weighted by atomic mass is 32.2. The van der Waals surface area contributed by atoms with E-state index in [0.717, 1.165) is 5.39 Å². The Morgan fingerprint density at radius 1 is 1.30 bits per heavy atom. The van der Waals surface area contributed by atoms with E-state index in [-0.39, 0.29) is 11.5 Å². The third-order valence-electron chi connectivity index (χ3n) is 3.06. The van der Waals surface area contributed by atoms with Crippen LogP contribution in [0.4, 0.5) is 5.69 Å². The fourth-order valence-electron chi connectivity index (χ4n) is 1.90. The molecule has 0 aliphatic carbocycles. The van der Waals surface area contributed by atoms with Crippen LogP contribution in [0.15, 0.2) is 30.5 Å². The summed E-state index contributed by atoms with van der Waals surface area (Å²) in [7, 11) is -2.94. The average molecular weight is 294 g/mol. The molecule has 0 atom stereocenters. The zero-order valence-electron chi connectivity index (χ0n) is 11.4. The highest BCUT2D eigenvalue weighted by molar-refractivity contribution is 7.91. The summed E-state index contributed by atoms with van der Waals surface area (Å²) in [5.41, 5.74) is 7.16. The van der Waals surface area contributed by atoms with E-state index in [4.69, 9.17) is 10.5 Å². The van der Waals surface area contributed by atoms with Crippen molar-refractivity contribution in [3.05, 3.63) is 30.5 Å². The SMILES string of the molecule is CCS(=O)(=O)CCCOc1ccc(N)c2ncccc12. The van der Waals surface area contributed by atoms with Crippen molar-refractivity contribution in [2.45, 2.75) is 13.3 Å². The first kappa shape index (κ1) is 14.6. The maximum atomic E-state index is 11.4. The summed E-state index contributed by atoms with van der Waals surface area (Å²) in [6.45, 7) is 2.00. The Labute approximate surface area is 118 Å². The average Bonchev–Trinajstić information content (AvgIpc) is 2.46. The minimum absolute atomic E-state index is 0.147. The van der Waals surface area contributed by atoms with Gasteiger partial charge in [0, 0.05) is 17.3 Å². The van der Waals surface area contributed by atoms with E-state index in [9.17, 15) is 8.42 Å². The van der Waals surface area contributed by atoms with E-state index in [1.54, 1.807) is 25.3 Å². The number of ether oxygens (including phenoxy) is 1. The van der Waals surface area contributed by atoms with Crippen molar-refractivity contribution in [3.63, 3.8) is 0 Å². The lowest BCUT2D eigenvalue weighted by atomic mass is 10.2. The van der Waals surface area contributed by atoms with Gasteiger partial charge in [-0.15, -0.1) is 0 Å². The minimum Gasteiger partial charge on any atom is -0.493 e. The lowest BCUT2D eigenvalue weighted by Crippen LogP contribution is -2.12. The zero-order chi connectivity index (χ0) is 14.6. The first-order valence-electron chi connectivity index (χ1n) is 6.50. The molecule has 2 N–H and O–H groups in total. The molecule has 108 valence electrons. The second-order valence-corrected chi connectivity index (χ2v) is 6.96. The lowest BCUT2D eigenvalue weighted by Gasteiger charge is -2.10. The smallest absolute Gasteiger partial charge is 0.150 e. The number of fused-ring (bicyclic) bond motifs is 1. The van der Waals surface area contributed by atoms with Gasteiger partial charge >= 0.3 is 0 Å². The van der Waals surface area contributed by atoms with Crippen molar-refractivity contribution >= 4 is 26.4 Å². The number of nitrogens with two attached hydrogens (primary N) is 1. The molecule has 0 aliphatic rings. The van der Waals surface area contributed by atoms with Crippen LogP contribution in [-0.4, -0.2) is 31.5 Å². The van der Waals surface area contributed by atoms with Gasteiger partial charge in [0.1, 0.15) is 15.6 Å². The summed E-state index contributed by atoms with van der Waals surface area (Å²) in [4.78, 5) is 4.22. The van der Waals surface area contributed by atoms with E-state index in [0.29, 0.717) is 30.0 Å². The quantitative estimate of drug-likeness (QED) is 0.651. The van der Waals surface area contributed by atoms with Gasteiger partial charge in [0.2, 0.25) is 0 Å². The van der Waals surface area contributed by atoms with Crippen LogP contribution >= 0.6 is 0 Å². The molecule has 1 aromatic carbocycles. The second kappa shape index (κ2) is 6.09. The summed E-state index contributed by atoms with van der Waals surface area (Å²) in [6, 6.07) is 7.23. The van der Waals surface area contributed by atoms with Gasteiger partial charge in [0.25, 0.3) is 0 Å². The maximum Gasteiger partial charge on any atom is 0.150 e. The van der Waals surface area contributed by atoms with E-state index in [1.807, 2.05) is 12.1 Å². The molecule has 5 nitrogen and oxygen atoms in total. The summed E-state index contributed by atoms with van der Waals surface area (Å²) < 4.78 is 28.4. The van der Waals surface area contributed by atoms with E-state index in [1.165, 1.54) is 0 Å². The fraction of sp³-hybridized carbons (Fsp3) is 0.357. The zero-order valence-corrected chi connectivity index (χ0v) is 12.2. The molecular weight excluding hydrogens is 276 g/mol. The molecule has 20 heavy (non-hydrogen) atoms. The van der Waals surface area contributed by atoms with Crippen LogP contribution in [0.2, 0.25) is 0 Å². The van der Waals surface area contributed by atoms with Gasteiger partial charge in [-0.1, -0.05) is 6.92 Å². The highest BCUT2D eigenvalue weighted by Gasteiger charge is 2.08. The van der Waals surface area contributed by atoms with E-state index in [2.05, 4.69) is 4.98 Å². The van der Waals surface area contributed by atoms with Crippen LogP contribution < -0.4 is 10.5 Å². The van der Waals surface area contributed by atoms with E-state index >= 15 is 0 Å². The number of anilines is 1. The van der Waals surface area contributed by atoms with Crippen LogP contribution in [0.5, 0.6) is 5.75 Å². The van der Waals surface area contributed by atoms with E-state index < -0.39 is 9.84 Å². The maximum absolute atomic E-state index is 11.4. The predicted octanol–water partition coefficient (Wildman–Crippen LogP) is 2.02. The van der Waals surface area contributed by atoms with Gasteiger partial charge in [0.05, 0.1) is 23.6 Å². The molecule has 0 spiro atoms. The largest absolute Gasteiger partial charge is 0.493 e. The lowest BCUT2D eigenvalue weighted by molar-refractivity contribution is 0.321. The van der Waals surface area contributed by atoms with Crippen molar-refractivity contribution in [2.75, 3.05) is 23.8 Å². The highest BCUT2D eigenvalue weighted by Crippen LogP contribution is 2.28. The summed E-state index contributed by atoms with van der Waals surface area (Å²) in [5.74, 6) is 0.993. The number of benzene rings is 1. The number of rotatable bonds is 6. The number of nitrogen functional groups attached to an aromatic ring is 1. The van der Waals surface area contributed by atoms with Gasteiger partial charge in [-0.05, 0) is 30.7 Å². The molecule has 2 rings (SSSR count). The summed E-state index contributed by atoms with van der Waals surface area (Å²) in [5, 5.41) is 0.839. The third kappa shape index (κ3) is 3.39. The Balaban J connectivity index is 2.06. The molecule has 0 amide bonds. The number of hydrogen-bond donors (Lipinski definition) is 1. The molecule has 2 aromatic rings. The molecule has 0 fully saturated rings. The van der Waals surface area contributed by atoms with Crippen LogP contribution in [0.3, 0.4) is 0 Å². The Kier molecular flexibility index (Phi) is 4.44. The molecule has 6 heteroatoms. The third-order valence-corrected chi connectivity index (χ3v) is 4.85. The van der Waals surface area contributed by atoms with Crippen molar-refractivity contribution in [1.82, 2.24) is 4.98 Å². The molecule has 0 unspecified atom stereocenters. The molecule has 0 radical (unpaired) electrons. The van der Waals surface area contributed by atoms with Gasteiger partial charge in [0.15, 0.2) is 0 Å². The number of hydrogen-bond acceptors (Lipinski definition) is 5. The predicted molar refractivity (Wildman–Crippen MR) is 80.6 cm³/mol. The molecule has 0 saturated carbocycles. The topological polar surface area (TPSA) is 82.3 Å². The van der Waals surface area contributed by atoms with Gasteiger partial charge in [-0.2, -0.15) is 0 Å². The number of aromatic nitrogens is 1. The van der Waals surface area contributed by atoms with Crippen molar-refractivity contribution in [1.29, 1.82) is 0 Å². The number of nitrogens with zero attached hydrogens (tertiary/aromatic N) is 1. The van der Waals surface area contributed by atoms with Gasteiger partial charge in [-0.25, -0.2) is 8.42 Å². The Morgan fingerprint density at radius 2 is 2.10 bits per heavy atom. The summed E-state index contributed by atoms with van der Waals surface area (Å²) in [6.07, 6.45) is 2.15. The standard InChI is InChI=1S/C14H18N2O3S/c1-2-20(17,18)10-4-9-19-13-7-6-12(15)14-11(13)5-3-8-16-14/h3,5-8H,2,4,9-10,15H2,1H3. The monoisotopic (exact) mass is 294 g/mol. The first-order chi connectivity index (χ1) is 9.53. The molecule has 1 aromatic heterocycles. The Hall–Kier alpha value is -1.82. The van der Waals surface area contributed by atoms with Crippen LogP contribution in [0, 0.1) is 0 Å². The Morgan fingerprint density at radius 3 is 2.85 bits per heavy atom. The van der Waals surface area contributed by atoms with Gasteiger partial charge < -0.3 is 10.5 Å². The van der Waals surface area contributed by atoms with Gasteiger partial charge in [-0.3, -0.25) is 4.98 Å². The normalized spacial score (nSPS) is 11.7.